The first-order valence-electron chi connectivity index (χ1n) is 6.13. The van der Waals surface area contributed by atoms with Crippen LogP contribution in [0.5, 0.6) is 0 Å². The molecule has 2 aromatic heterocycles. The fourth-order valence-corrected chi connectivity index (χ4v) is 2.35. The van der Waals surface area contributed by atoms with Crippen LogP contribution in [0.25, 0.3) is 10.7 Å². The Balaban J connectivity index is 1.86. The van der Waals surface area contributed by atoms with E-state index in [0.717, 1.165) is 16.4 Å². The fraction of sp³-hybridized carbons (Fsp3) is 0.308. The normalized spacial score (nSPS) is 10.4. The number of amides is 1. The van der Waals surface area contributed by atoms with Crippen LogP contribution in [0, 0.1) is 0 Å². The molecule has 0 saturated carbocycles. The fourth-order valence-electron chi connectivity index (χ4n) is 1.56. The molecule has 0 aliphatic rings. The summed E-state index contributed by atoms with van der Waals surface area (Å²) in [6.45, 7) is 3.45. The van der Waals surface area contributed by atoms with Gasteiger partial charge in [0, 0.05) is 24.7 Å². The van der Waals surface area contributed by atoms with Crippen molar-refractivity contribution in [3.05, 3.63) is 35.5 Å². The molecule has 2 N–H and O–H groups in total. The number of carbonyl (C=O) groups excluding carboxylic acids is 1. The molecule has 5 nitrogen and oxygen atoms in total. The maximum atomic E-state index is 11.3. The molecule has 0 atom stereocenters. The molecule has 1 amide bonds. The summed E-state index contributed by atoms with van der Waals surface area (Å²) in [7, 11) is 0. The van der Waals surface area contributed by atoms with Gasteiger partial charge in [-0.1, -0.05) is 6.07 Å². The molecular formula is C13H16N4OS. The monoisotopic (exact) mass is 276 g/mol. The van der Waals surface area contributed by atoms with E-state index < -0.39 is 0 Å². The van der Waals surface area contributed by atoms with Crippen molar-refractivity contribution < 1.29 is 4.79 Å². The summed E-state index contributed by atoms with van der Waals surface area (Å²) in [5.74, 6) is 0.00248. The van der Waals surface area contributed by atoms with Crippen molar-refractivity contribution in [1.82, 2.24) is 20.6 Å². The lowest BCUT2D eigenvalue weighted by molar-refractivity contribution is -0.120. The van der Waals surface area contributed by atoms with Gasteiger partial charge in [-0.15, -0.1) is 11.3 Å². The number of hydrogen-bond acceptors (Lipinski definition) is 5. The van der Waals surface area contributed by atoms with Gasteiger partial charge >= 0.3 is 0 Å². The average molecular weight is 276 g/mol. The number of thiazole rings is 1. The minimum Gasteiger partial charge on any atom is -0.355 e. The van der Waals surface area contributed by atoms with Crippen molar-refractivity contribution in [1.29, 1.82) is 0 Å². The standard InChI is InChI=1S/C13H16N4OS/c1-2-15-12(18)8-14-7-10-9-19-13(17-10)11-5-3-4-6-16-11/h3-6,9,14H,2,7-8H2,1H3,(H,15,18). The zero-order valence-electron chi connectivity index (χ0n) is 10.7. The molecule has 19 heavy (non-hydrogen) atoms. The second-order valence-corrected chi connectivity index (χ2v) is 4.77. The first-order chi connectivity index (χ1) is 9.29. The highest BCUT2D eigenvalue weighted by molar-refractivity contribution is 7.13. The van der Waals surface area contributed by atoms with Gasteiger partial charge in [-0.2, -0.15) is 0 Å². The topological polar surface area (TPSA) is 66.9 Å². The maximum absolute atomic E-state index is 11.3. The number of carbonyl (C=O) groups is 1. The van der Waals surface area contributed by atoms with Gasteiger partial charge < -0.3 is 10.6 Å². The van der Waals surface area contributed by atoms with Gasteiger partial charge in [0.2, 0.25) is 5.91 Å². The second-order valence-electron chi connectivity index (χ2n) is 3.92. The van der Waals surface area contributed by atoms with E-state index in [9.17, 15) is 4.79 Å². The van der Waals surface area contributed by atoms with Crippen molar-refractivity contribution >= 4 is 17.2 Å². The minimum absolute atomic E-state index is 0.00248. The van der Waals surface area contributed by atoms with Gasteiger partial charge in [-0.3, -0.25) is 9.78 Å². The Hall–Kier alpha value is -1.79. The van der Waals surface area contributed by atoms with E-state index in [-0.39, 0.29) is 5.91 Å². The number of pyridine rings is 1. The molecule has 0 aliphatic heterocycles. The molecule has 0 bridgehead atoms. The van der Waals surface area contributed by atoms with Gasteiger partial charge in [0.25, 0.3) is 0 Å². The van der Waals surface area contributed by atoms with Crippen LogP contribution in [0.4, 0.5) is 0 Å². The third kappa shape index (κ3) is 4.11. The van der Waals surface area contributed by atoms with E-state index in [0.29, 0.717) is 19.6 Å². The van der Waals surface area contributed by atoms with E-state index >= 15 is 0 Å². The number of aromatic nitrogens is 2. The molecule has 0 saturated heterocycles. The molecule has 2 heterocycles. The zero-order valence-corrected chi connectivity index (χ0v) is 11.5. The Morgan fingerprint density at radius 2 is 2.32 bits per heavy atom. The summed E-state index contributed by atoms with van der Waals surface area (Å²) in [6, 6.07) is 5.76. The predicted octanol–water partition coefficient (Wildman–Crippen LogP) is 1.43. The summed E-state index contributed by atoms with van der Waals surface area (Å²) in [4.78, 5) is 20.0. The third-order valence-corrected chi connectivity index (χ3v) is 3.31. The van der Waals surface area contributed by atoms with Crippen molar-refractivity contribution in [3.63, 3.8) is 0 Å². The molecular weight excluding hydrogens is 260 g/mol. The van der Waals surface area contributed by atoms with Crippen molar-refractivity contribution in [2.45, 2.75) is 13.5 Å². The van der Waals surface area contributed by atoms with E-state index in [2.05, 4.69) is 20.6 Å². The van der Waals surface area contributed by atoms with Crippen LogP contribution in [0.3, 0.4) is 0 Å². The predicted molar refractivity (Wildman–Crippen MR) is 75.7 cm³/mol. The molecule has 0 spiro atoms. The van der Waals surface area contributed by atoms with Gasteiger partial charge in [0.15, 0.2) is 0 Å². The highest BCUT2D eigenvalue weighted by Gasteiger charge is 2.05. The van der Waals surface area contributed by atoms with Crippen molar-refractivity contribution in [3.8, 4) is 10.7 Å². The summed E-state index contributed by atoms with van der Waals surface area (Å²) >= 11 is 1.56. The Labute approximate surface area is 116 Å². The van der Waals surface area contributed by atoms with Crippen LogP contribution in [-0.4, -0.2) is 29.0 Å². The zero-order chi connectivity index (χ0) is 13.5. The summed E-state index contributed by atoms with van der Waals surface area (Å²) in [5, 5.41) is 8.68. The summed E-state index contributed by atoms with van der Waals surface area (Å²) in [6.07, 6.45) is 1.75. The first kappa shape index (κ1) is 13.6. The van der Waals surface area contributed by atoms with Crippen LogP contribution < -0.4 is 10.6 Å². The molecule has 100 valence electrons. The smallest absolute Gasteiger partial charge is 0.233 e. The number of nitrogens with one attached hydrogen (secondary N) is 2. The Kier molecular flexibility index (Phi) is 5.00. The Bertz CT molecular complexity index is 526. The highest BCUT2D eigenvalue weighted by Crippen LogP contribution is 2.20. The molecule has 2 rings (SSSR count). The number of hydrogen-bond donors (Lipinski definition) is 2. The van der Waals surface area contributed by atoms with Gasteiger partial charge in [-0.05, 0) is 19.1 Å². The molecule has 6 heteroatoms. The number of likely N-dealkylation sites (N-methyl/N-ethyl adjacent to an activating group) is 1. The van der Waals surface area contributed by atoms with E-state index in [1.165, 1.54) is 0 Å². The lowest BCUT2D eigenvalue weighted by atomic mass is 10.3. The molecule has 0 aliphatic carbocycles. The molecule has 0 fully saturated rings. The largest absolute Gasteiger partial charge is 0.355 e. The number of nitrogens with zero attached hydrogens (tertiary/aromatic N) is 2. The quantitative estimate of drug-likeness (QED) is 0.837. The minimum atomic E-state index is 0.00248. The van der Waals surface area contributed by atoms with E-state index in [1.807, 2.05) is 30.5 Å². The van der Waals surface area contributed by atoms with Crippen LogP contribution in [0.1, 0.15) is 12.6 Å². The van der Waals surface area contributed by atoms with Crippen molar-refractivity contribution in [2.24, 2.45) is 0 Å². The van der Waals surface area contributed by atoms with Gasteiger partial charge in [0.05, 0.1) is 17.9 Å². The maximum Gasteiger partial charge on any atom is 0.233 e. The molecule has 0 aromatic carbocycles. The Morgan fingerprint density at radius 3 is 3.05 bits per heavy atom. The summed E-state index contributed by atoms with van der Waals surface area (Å²) in [5.41, 5.74) is 1.80. The van der Waals surface area contributed by atoms with Crippen molar-refractivity contribution in [2.75, 3.05) is 13.1 Å². The average Bonchev–Trinajstić information content (AvgIpc) is 2.89. The third-order valence-electron chi connectivity index (χ3n) is 2.40. The van der Waals surface area contributed by atoms with Crippen LogP contribution in [0.2, 0.25) is 0 Å². The SMILES string of the molecule is CCNC(=O)CNCc1csc(-c2ccccn2)n1. The lowest BCUT2D eigenvalue weighted by Gasteiger charge is -2.02. The van der Waals surface area contributed by atoms with Gasteiger partial charge in [-0.25, -0.2) is 4.98 Å². The van der Waals surface area contributed by atoms with Crippen LogP contribution in [-0.2, 0) is 11.3 Å². The van der Waals surface area contributed by atoms with E-state index in [1.54, 1.807) is 17.5 Å². The van der Waals surface area contributed by atoms with Crippen LogP contribution >= 0.6 is 11.3 Å². The molecule has 2 aromatic rings. The van der Waals surface area contributed by atoms with E-state index in [4.69, 9.17) is 0 Å². The van der Waals surface area contributed by atoms with Crippen LogP contribution in [0.15, 0.2) is 29.8 Å². The first-order valence-corrected chi connectivity index (χ1v) is 7.00. The lowest BCUT2D eigenvalue weighted by Crippen LogP contribution is -2.33. The molecule has 0 radical (unpaired) electrons. The molecule has 0 unspecified atom stereocenters. The Morgan fingerprint density at radius 1 is 1.42 bits per heavy atom. The second kappa shape index (κ2) is 6.96. The number of rotatable bonds is 6. The summed E-state index contributed by atoms with van der Waals surface area (Å²) < 4.78 is 0. The highest BCUT2D eigenvalue weighted by atomic mass is 32.1. The van der Waals surface area contributed by atoms with Gasteiger partial charge in [0.1, 0.15) is 5.01 Å².